The van der Waals surface area contributed by atoms with Crippen LogP contribution >= 0.6 is 0 Å². The molecule has 7 heteroatoms. The van der Waals surface area contributed by atoms with Gasteiger partial charge in [0.15, 0.2) is 0 Å². The number of nitrogens with one attached hydrogen (secondary N) is 2. The summed E-state index contributed by atoms with van der Waals surface area (Å²) in [6.45, 7) is 7.22. The molecule has 1 rings (SSSR count). The summed E-state index contributed by atoms with van der Waals surface area (Å²) in [5, 5.41) is 15.7. The third-order valence-electron chi connectivity index (χ3n) is 4.93. The summed E-state index contributed by atoms with van der Waals surface area (Å²) in [5.41, 5.74) is 0.667. The molecule has 0 aliphatic rings. The van der Waals surface area contributed by atoms with E-state index in [0.29, 0.717) is 24.3 Å². The van der Waals surface area contributed by atoms with Crippen LogP contribution in [0.2, 0.25) is 0 Å². The highest BCUT2D eigenvalue weighted by atomic mass is 16.5. The molecule has 3 N–H and O–H groups in total. The summed E-state index contributed by atoms with van der Waals surface area (Å²) in [6, 6.07) is 8.46. The minimum absolute atomic E-state index is 0.284. The predicted molar refractivity (Wildman–Crippen MR) is 107 cm³/mol. The monoisotopic (exact) mass is 391 g/mol. The minimum Gasteiger partial charge on any atom is -0.357 e. The molecule has 28 heavy (non-hydrogen) atoms. The van der Waals surface area contributed by atoms with Gasteiger partial charge in [-0.2, -0.15) is 0 Å². The Bertz CT molecular complexity index is 643. The van der Waals surface area contributed by atoms with Gasteiger partial charge in [0.25, 0.3) is 0 Å². The average molecular weight is 392 g/mol. The van der Waals surface area contributed by atoms with Gasteiger partial charge in [0.1, 0.15) is 6.04 Å². The highest BCUT2D eigenvalue weighted by Gasteiger charge is 2.36. The molecule has 3 atom stereocenters. The average Bonchev–Trinajstić information content (AvgIpc) is 2.67. The second kappa shape index (κ2) is 10.8. The maximum absolute atomic E-state index is 13.0. The van der Waals surface area contributed by atoms with Crippen molar-refractivity contribution >= 4 is 18.2 Å². The van der Waals surface area contributed by atoms with E-state index in [4.69, 9.17) is 0 Å². The highest BCUT2D eigenvalue weighted by molar-refractivity contribution is 5.89. The zero-order valence-electron chi connectivity index (χ0n) is 17.4. The molecule has 3 unspecified atom stereocenters. The van der Waals surface area contributed by atoms with E-state index in [1.54, 1.807) is 6.92 Å². The zero-order chi connectivity index (χ0) is 21.3. The van der Waals surface area contributed by atoms with Crippen molar-refractivity contribution < 1.29 is 19.6 Å². The third-order valence-corrected chi connectivity index (χ3v) is 4.93. The molecule has 0 aliphatic heterocycles. The quantitative estimate of drug-likeness (QED) is 0.323. The van der Waals surface area contributed by atoms with Gasteiger partial charge in [0.2, 0.25) is 18.2 Å². The van der Waals surface area contributed by atoms with Crippen molar-refractivity contribution in [2.45, 2.75) is 59.0 Å². The molecule has 3 amide bonds. The van der Waals surface area contributed by atoms with Gasteiger partial charge in [-0.15, -0.1) is 0 Å². The van der Waals surface area contributed by atoms with E-state index in [0.717, 1.165) is 12.0 Å². The first-order chi connectivity index (χ1) is 13.1. The topological polar surface area (TPSA) is 98.7 Å². The highest BCUT2D eigenvalue weighted by Crippen LogP contribution is 2.22. The van der Waals surface area contributed by atoms with Gasteiger partial charge < -0.3 is 10.6 Å². The molecular formula is C21H33N3O4. The second-order valence-electron chi connectivity index (χ2n) is 8.13. The number of rotatable bonds is 10. The molecule has 0 aliphatic carbocycles. The minimum atomic E-state index is -0.725. The Balaban J connectivity index is 2.91. The molecule has 0 radical (unpaired) electrons. The van der Waals surface area contributed by atoms with E-state index < -0.39 is 23.4 Å². The van der Waals surface area contributed by atoms with Crippen molar-refractivity contribution in [1.82, 2.24) is 15.7 Å². The fraction of sp³-hybridized carbons (Fsp3) is 0.571. The molecule has 156 valence electrons. The maximum Gasteiger partial charge on any atom is 0.242 e. The van der Waals surface area contributed by atoms with Gasteiger partial charge in [-0.1, -0.05) is 51.1 Å². The Hall–Kier alpha value is -2.41. The molecule has 0 spiro atoms. The van der Waals surface area contributed by atoms with Gasteiger partial charge in [0.05, 0.1) is 12.0 Å². The molecule has 0 bridgehead atoms. The second-order valence-corrected chi connectivity index (χ2v) is 8.13. The number of hydroxylamine groups is 2. The number of aryl methyl sites for hydroxylation is 1. The summed E-state index contributed by atoms with van der Waals surface area (Å²) < 4.78 is 0. The van der Waals surface area contributed by atoms with Gasteiger partial charge in [-0.3, -0.25) is 19.6 Å². The summed E-state index contributed by atoms with van der Waals surface area (Å²) >= 11 is 0. The smallest absolute Gasteiger partial charge is 0.242 e. The summed E-state index contributed by atoms with van der Waals surface area (Å²) in [6.07, 6.45) is 2.25. The van der Waals surface area contributed by atoms with Crippen LogP contribution in [0.1, 0.15) is 46.1 Å². The maximum atomic E-state index is 13.0. The van der Waals surface area contributed by atoms with E-state index in [9.17, 15) is 19.6 Å². The Morgan fingerprint density at radius 1 is 1.18 bits per heavy atom. The first-order valence-electron chi connectivity index (χ1n) is 9.60. The van der Waals surface area contributed by atoms with Crippen LogP contribution in [0.5, 0.6) is 0 Å². The van der Waals surface area contributed by atoms with Crippen molar-refractivity contribution in [3.05, 3.63) is 35.9 Å². The molecule has 1 aromatic carbocycles. The lowest BCUT2D eigenvalue weighted by Gasteiger charge is -2.33. The lowest BCUT2D eigenvalue weighted by molar-refractivity contribution is -0.166. The molecule has 0 saturated heterocycles. The number of nitrogens with zero attached hydrogens (tertiary/aromatic N) is 1. The number of likely N-dealkylation sites (N-methyl/N-ethyl adjacent to an activating group) is 1. The summed E-state index contributed by atoms with van der Waals surface area (Å²) in [7, 11) is 1.52. The molecular weight excluding hydrogens is 358 g/mol. The van der Waals surface area contributed by atoms with Crippen LogP contribution in [-0.4, -0.2) is 47.6 Å². The van der Waals surface area contributed by atoms with Gasteiger partial charge in [-0.25, -0.2) is 5.06 Å². The standard InChI is InChI=1S/C21H33N3O4/c1-15(24(28)14-25)17(13-9-12-16-10-7-6-8-11-16)19(26)23-18(20(27)22-5)21(2,3)4/h6-8,10-11,14-15,17-18,28H,9,12-13H2,1-5H3,(H,22,27)(H,23,26). The third kappa shape index (κ3) is 6.96. The number of hydrogen-bond donors (Lipinski definition) is 3. The van der Waals surface area contributed by atoms with E-state index in [2.05, 4.69) is 10.6 Å². The van der Waals surface area contributed by atoms with Crippen LogP contribution in [-0.2, 0) is 20.8 Å². The zero-order valence-corrected chi connectivity index (χ0v) is 17.4. The SMILES string of the molecule is CNC(=O)C(NC(=O)C(CCCc1ccccc1)C(C)N(O)C=O)C(C)(C)C. The number of carbonyl (C=O) groups excluding carboxylic acids is 3. The van der Waals surface area contributed by atoms with E-state index in [1.807, 2.05) is 51.1 Å². The van der Waals surface area contributed by atoms with E-state index >= 15 is 0 Å². The fourth-order valence-electron chi connectivity index (χ4n) is 3.11. The van der Waals surface area contributed by atoms with E-state index in [-0.39, 0.29) is 11.8 Å². The molecule has 0 aromatic heterocycles. The lowest BCUT2D eigenvalue weighted by atomic mass is 9.85. The first-order valence-corrected chi connectivity index (χ1v) is 9.60. The van der Waals surface area contributed by atoms with Crippen LogP contribution < -0.4 is 10.6 Å². The van der Waals surface area contributed by atoms with Crippen molar-refractivity contribution in [1.29, 1.82) is 0 Å². The van der Waals surface area contributed by atoms with Gasteiger partial charge >= 0.3 is 0 Å². The first kappa shape index (κ1) is 23.6. The predicted octanol–water partition coefficient (Wildman–Crippen LogP) is 2.14. The summed E-state index contributed by atoms with van der Waals surface area (Å²) in [4.78, 5) is 36.2. The molecule has 0 saturated carbocycles. The van der Waals surface area contributed by atoms with Gasteiger partial charge in [0, 0.05) is 7.05 Å². The largest absolute Gasteiger partial charge is 0.357 e. The molecule has 0 fully saturated rings. The number of carbonyl (C=O) groups is 3. The van der Waals surface area contributed by atoms with Crippen LogP contribution in [0.4, 0.5) is 0 Å². The molecule has 7 nitrogen and oxygen atoms in total. The normalized spacial score (nSPS) is 14.5. The summed E-state index contributed by atoms with van der Waals surface area (Å²) in [5.74, 6) is -1.29. The van der Waals surface area contributed by atoms with Crippen LogP contribution in [0.25, 0.3) is 0 Å². The number of benzene rings is 1. The van der Waals surface area contributed by atoms with Crippen molar-refractivity contribution in [3.8, 4) is 0 Å². The van der Waals surface area contributed by atoms with Crippen molar-refractivity contribution in [2.75, 3.05) is 7.05 Å². The van der Waals surface area contributed by atoms with E-state index in [1.165, 1.54) is 7.05 Å². The number of amides is 3. The van der Waals surface area contributed by atoms with Crippen LogP contribution in [0.15, 0.2) is 30.3 Å². The van der Waals surface area contributed by atoms with Crippen molar-refractivity contribution in [2.24, 2.45) is 11.3 Å². The Kier molecular flexibility index (Phi) is 9.12. The molecule has 0 heterocycles. The number of hydrogen-bond acceptors (Lipinski definition) is 4. The van der Waals surface area contributed by atoms with Crippen LogP contribution in [0.3, 0.4) is 0 Å². The Labute approximate surface area is 167 Å². The molecule has 1 aromatic rings. The fourth-order valence-corrected chi connectivity index (χ4v) is 3.11. The Morgan fingerprint density at radius 2 is 1.79 bits per heavy atom. The van der Waals surface area contributed by atoms with Crippen LogP contribution in [0, 0.1) is 11.3 Å². The van der Waals surface area contributed by atoms with Crippen molar-refractivity contribution in [3.63, 3.8) is 0 Å². The lowest BCUT2D eigenvalue weighted by Crippen LogP contribution is -2.56. The Morgan fingerprint density at radius 3 is 2.29 bits per heavy atom. The van der Waals surface area contributed by atoms with Gasteiger partial charge in [-0.05, 0) is 37.2 Å².